The number of ether oxygens (including phenoxy) is 1. The maximum atomic E-state index is 11.1. The molecule has 0 aromatic rings. The van der Waals surface area contributed by atoms with Crippen molar-refractivity contribution in [3.05, 3.63) is 12.7 Å². The lowest BCUT2D eigenvalue weighted by atomic mass is 10.1. The number of hydrogen-bond donors (Lipinski definition) is 2. The SMILES string of the molecule is C=CCOC(=O)N[C@@H](CC1CC1)C(=O)O. The molecule has 2 N–H and O–H groups in total. The Morgan fingerprint density at radius 2 is 2.27 bits per heavy atom. The Morgan fingerprint density at radius 3 is 2.73 bits per heavy atom. The van der Waals surface area contributed by atoms with Gasteiger partial charge >= 0.3 is 12.1 Å². The summed E-state index contributed by atoms with van der Waals surface area (Å²) < 4.78 is 4.64. The molecule has 15 heavy (non-hydrogen) atoms. The van der Waals surface area contributed by atoms with Gasteiger partial charge in [-0.2, -0.15) is 0 Å². The summed E-state index contributed by atoms with van der Waals surface area (Å²) in [5.41, 5.74) is 0. The molecule has 0 saturated heterocycles. The van der Waals surface area contributed by atoms with Crippen molar-refractivity contribution in [2.24, 2.45) is 5.92 Å². The molecule has 1 amide bonds. The van der Waals surface area contributed by atoms with Crippen LogP contribution in [-0.2, 0) is 9.53 Å². The highest BCUT2D eigenvalue weighted by molar-refractivity contribution is 5.79. The number of carbonyl (C=O) groups is 2. The topological polar surface area (TPSA) is 75.6 Å². The third-order valence-corrected chi connectivity index (χ3v) is 2.19. The molecule has 1 atom stereocenters. The fourth-order valence-electron chi connectivity index (χ4n) is 1.23. The van der Waals surface area contributed by atoms with Gasteiger partial charge in [0.25, 0.3) is 0 Å². The van der Waals surface area contributed by atoms with E-state index in [1.807, 2.05) is 0 Å². The fraction of sp³-hybridized carbons (Fsp3) is 0.600. The molecule has 84 valence electrons. The zero-order valence-electron chi connectivity index (χ0n) is 8.44. The monoisotopic (exact) mass is 213 g/mol. The van der Waals surface area contributed by atoms with Gasteiger partial charge in [0.1, 0.15) is 12.6 Å². The summed E-state index contributed by atoms with van der Waals surface area (Å²) >= 11 is 0. The van der Waals surface area contributed by atoms with Crippen LogP contribution in [0.5, 0.6) is 0 Å². The van der Waals surface area contributed by atoms with Crippen molar-refractivity contribution in [1.29, 1.82) is 0 Å². The van der Waals surface area contributed by atoms with Gasteiger partial charge in [-0.05, 0) is 12.3 Å². The third kappa shape index (κ3) is 4.49. The Balaban J connectivity index is 2.31. The van der Waals surface area contributed by atoms with Crippen LogP contribution in [0.3, 0.4) is 0 Å². The van der Waals surface area contributed by atoms with Crippen molar-refractivity contribution in [3.63, 3.8) is 0 Å². The molecule has 0 spiro atoms. The van der Waals surface area contributed by atoms with Gasteiger partial charge in [-0.1, -0.05) is 25.5 Å². The lowest BCUT2D eigenvalue weighted by Gasteiger charge is -2.13. The van der Waals surface area contributed by atoms with E-state index in [1.54, 1.807) is 0 Å². The standard InChI is InChI=1S/C10H15NO4/c1-2-5-15-10(14)11-8(9(12)13)6-7-3-4-7/h2,7-8H,1,3-6H2,(H,11,14)(H,12,13)/t8-/m0/s1. The number of carbonyl (C=O) groups excluding carboxylic acids is 1. The smallest absolute Gasteiger partial charge is 0.408 e. The van der Waals surface area contributed by atoms with Crippen LogP contribution >= 0.6 is 0 Å². The zero-order valence-corrected chi connectivity index (χ0v) is 8.44. The Kier molecular flexibility index (Phi) is 4.15. The fourth-order valence-corrected chi connectivity index (χ4v) is 1.23. The molecule has 5 heteroatoms. The molecule has 1 aliphatic rings. The molecule has 1 fully saturated rings. The van der Waals surface area contributed by atoms with E-state index in [-0.39, 0.29) is 6.61 Å². The van der Waals surface area contributed by atoms with Crippen molar-refractivity contribution in [2.75, 3.05) is 6.61 Å². The van der Waals surface area contributed by atoms with Crippen molar-refractivity contribution in [2.45, 2.75) is 25.3 Å². The summed E-state index contributed by atoms with van der Waals surface area (Å²) in [6.45, 7) is 3.47. The Labute approximate surface area is 88.1 Å². The second-order valence-corrected chi connectivity index (χ2v) is 3.60. The molecule has 0 aromatic heterocycles. The van der Waals surface area contributed by atoms with Gasteiger partial charge in [-0.25, -0.2) is 9.59 Å². The summed E-state index contributed by atoms with van der Waals surface area (Å²) in [7, 11) is 0. The number of carboxylic acids is 1. The number of aliphatic carboxylic acids is 1. The minimum atomic E-state index is -1.02. The second-order valence-electron chi connectivity index (χ2n) is 3.60. The number of nitrogens with one attached hydrogen (secondary N) is 1. The Bertz CT molecular complexity index is 260. The molecule has 0 unspecified atom stereocenters. The minimum Gasteiger partial charge on any atom is -0.480 e. The number of alkyl carbamates (subject to hydrolysis) is 1. The van der Waals surface area contributed by atoms with Gasteiger partial charge in [0.2, 0.25) is 0 Å². The lowest BCUT2D eigenvalue weighted by molar-refractivity contribution is -0.139. The minimum absolute atomic E-state index is 0.0849. The zero-order chi connectivity index (χ0) is 11.3. The largest absolute Gasteiger partial charge is 0.480 e. The Morgan fingerprint density at radius 1 is 1.60 bits per heavy atom. The first-order chi connectivity index (χ1) is 7.13. The van der Waals surface area contributed by atoms with Crippen LogP contribution < -0.4 is 5.32 Å². The molecule has 0 aromatic carbocycles. The van der Waals surface area contributed by atoms with E-state index in [0.29, 0.717) is 12.3 Å². The first-order valence-electron chi connectivity index (χ1n) is 4.90. The summed E-state index contributed by atoms with van der Waals surface area (Å²) in [6, 6.07) is -0.838. The summed E-state index contributed by atoms with van der Waals surface area (Å²) in [5, 5.41) is 11.1. The summed E-state index contributed by atoms with van der Waals surface area (Å²) in [5.74, 6) is -0.580. The highest BCUT2D eigenvalue weighted by Gasteiger charge is 2.30. The number of amides is 1. The quantitative estimate of drug-likeness (QED) is 0.649. The number of hydrogen-bond acceptors (Lipinski definition) is 3. The van der Waals surface area contributed by atoms with Gasteiger partial charge < -0.3 is 15.2 Å². The van der Waals surface area contributed by atoms with Crippen LogP contribution in [0.15, 0.2) is 12.7 Å². The van der Waals surface area contributed by atoms with Gasteiger partial charge in [0.15, 0.2) is 0 Å². The van der Waals surface area contributed by atoms with E-state index in [9.17, 15) is 9.59 Å². The highest BCUT2D eigenvalue weighted by Crippen LogP contribution is 2.33. The van der Waals surface area contributed by atoms with Crippen molar-refractivity contribution >= 4 is 12.1 Å². The number of carboxylic acid groups (broad SMARTS) is 1. The molecule has 1 aliphatic carbocycles. The van der Waals surface area contributed by atoms with Crippen LogP contribution in [0.4, 0.5) is 4.79 Å². The van der Waals surface area contributed by atoms with Crippen LogP contribution in [-0.4, -0.2) is 29.8 Å². The van der Waals surface area contributed by atoms with Crippen molar-refractivity contribution < 1.29 is 19.4 Å². The predicted molar refractivity (Wildman–Crippen MR) is 53.4 cm³/mol. The molecule has 1 rings (SSSR count). The van der Waals surface area contributed by atoms with Crippen LogP contribution in [0, 0.1) is 5.92 Å². The highest BCUT2D eigenvalue weighted by atomic mass is 16.5. The summed E-state index contributed by atoms with van der Waals surface area (Å²) in [6.07, 6.45) is 3.30. The van der Waals surface area contributed by atoms with E-state index < -0.39 is 18.1 Å². The molecule has 5 nitrogen and oxygen atoms in total. The van der Waals surface area contributed by atoms with E-state index >= 15 is 0 Å². The average molecular weight is 213 g/mol. The van der Waals surface area contributed by atoms with E-state index in [2.05, 4.69) is 16.6 Å². The normalized spacial score (nSPS) is 16.5. The van der Waals surface area contributed by atoms with Crippen LogP contribution in [0.1, 0.15) is 19.3 Å². The molecule has 1 saturated carbocycles. The van der Waals surface area contributed by atoms with E-state index in [1.165, 1.54) is 6.08 Å². The van der Waals surface area contributed by atoms with E-state index in [4.69, 9.17) is 5.11 Å². The van der Waals surface area contributed by atoms with Gasteiger partial charge in [-0.3, -0.25) is 0 Å². The molecule has 0 aliphatic heterocycles. The van der Waals surface area contributed by atoms with Crippen molar-refractivity contribution in [3.8, 4) is 0 Å². The first-order valence-corrected chi connectivity index (χ1v) is 4.90. The van der Waals surface area contributed by atoms with Gasteiger partial charge in [0.05, 0.1) is 0 Å². The third-order valence-electron chi connectivity index (χ3n) is 2.19. The van der Waals surface area contributed by atoms with Gasteiger partial charge in [0, 0.05) is 0 Å². The van der Waals surface area contributed by atoms with Crippen LogP contribution in [0.2, 0.25) is 0 Å². The number of rotatable bonds is 6. The second kappa shape index (κ2) is 5.38. The average Bonchev–Trinajstić information content (AvgIpc) is 2.97. The molecule has 0 bridgehead atoms. The molecule has 0 heterocycles. The summed E-state index contributed by atoms with van der Waals surface area (Å²) in [4.78, 5) is 21.9. The lowest BCUT2D eigenvalue weighted by Crippen LogP contribution is -2.41. The maximum Gasteiger partial charge on any atom is 0.408 e. The van der Waals surface area contributed by atoms with Gasteiger partial charge in [-0.15, -0.1) is 0 Å². The molecule has 0 radical (unpaired) electrons. The maximum absolute atomic E-state index is 11.1. The van der Waals surface area contributed by atoms with Crippen LogP contribution in [0.25, 0.3) is 0 Å². The predicted octanol–water partition coefficient (Wildman–Crippen LogP) is 1.15. The van der Waals surface area contributed by atoms with Crippen molar-refractivity contribution in [1.82, 2.24) is 5.32 Å². The molecular formula is C10H15NO4. The first kappa shape index (κ1) is 11.6. The molecular weight excluding hydrogens is 198 g/mol. The Hall–Kier alpha value is -1.52. The van der Waals surface area contributed by atoms with E-state index in [0.717, 1.165) is 12.8 Å².